The molecule has 3 bridgehead atoms. The van der Waals surface area contributed by atoms with E-state index in [1.54, 1.807) is 0 Å². The molecule has 0 spiro atoms. The summed E-state index contributed by atoms with van der Waals surface area (Å²) in [5.74, 6) is 1.79. The molecular weight excluding hydrogens is 280 g/mol. The van der Waals surface area contributed by atoms with Gasteiger partial charge in [0.15, 0.2) is 0 Å². The minimum Gasteiger partial charge on any atom is -0.464 e. The molecule has 3 saturated carbocycles. The van der Waals surface area contributed by atoms with E-state index in [0.29, 0.717) is 17.8 Å². The van der Waals surface area contributed by atoms with Gasteiger partial charge in [0.05, 0.1) is 5.92 Å². The van der Waals surface area contributed by atoms with Crippen molar-refractivity contribution in [2.24, 2.45) is 29.6 Å². The second-order valence-electron chi connectivity index (χ2n) is 6.74. The number of hydrogen-bond donors (Lipinski definition) is 1. The van der Waals surface area contributed by atoms with Crippen LogP contribution in [0.1, 0.15) is 38.5 Å². The zero-order valence-corrected chi connectivity index (χ0v) is 12.3. The Morgan fingerprint density at radius 3 is 2.60 bits per heavy atom. The maximum absolute atomic E-state index is 12.2. The fraction of sp³-hybridized carbons (Fsp3) is 0.929. The summed E-state index contributed by atoms with van der Waals surface area (Å²) in [6, 6.07) is 0. The number of rotatable bonds is 4. The van der Waals surface area contributed by atoms with Gasteiger partial charge < -0.3 is 4.74 Å². The highest BCUT2D eigenvalue weighted by atomic mass is 32.2. The zero-order chi connectivity index (χ0) is 14.3. The van der Waals surface area contributed by atoms with Crippen LogP contribution in [-0.4, -0.2) is 31.3 Å². The van der Waals surface area contributed by atoms with E-state index in [1.807, 2.05) is 0 Å². The molecule has 6 heteroatoms. The molecule has 5 nitrogen and oxygen atoms in total. The first-order valence-electron chi connectivity index (χ1n) is 7.54. The second-order valence-corrected chi connectivity index (χ2v) is 8.31. The molecule has 20 heavy (non-hydrogen) atoms. The minimum absolute atomic E-state index is 0.0543. The average Bonchev–Trinajstić information content (AvgIpc) is 2.33. The monoisotopic (exact) mass is 302 g/mol. The molecule has 0 aromatic carbocycles. The standard InChI is InChI=1S/C14H22O5S/c15-14(19-3-4-20(16,17)18)13-8-10-5-9-1-2-12(13)11(6-9)7-10/h9-13H,1-8H2,(H,16,17,18). The SMILES string of the molecule is O=C(OCCS(=O)(=O)O)C1CC2CC3CCC1C(C3)C2. The molecule has 0 radical (unpaired) electrons. The lowest BCUT2D eigenvalue weighted by Crippen LogP contribution is -2.45. The molecule has 3 aliphatic carbocycles. The molecule has 3 rings (SSSR count). The molecule has 114 valence electrons. The van der Waals surface area contributed by atoms with Gasteiger partial charge in [-0.15, -0.1) is 0 Å². The van der Waals surface area contributed by atoms with Gasteiger partial charge in [-0.3, -0.25) is 9.35 Å². The van der Waals surface area contributed by atoms with Crippen molar-refractivity contribution in [2.75, 3.05) is 12.4 Å². The molecule has 0 amide bonds. The summed E-state index contributed by atoms with van der Waals surface area (Å²) in [6.45, 7) is -0.237. The van der Waals surface area contributed by atoms with Crippen LogP contribution in [0, 0.1) is 29.6 Å². The van der Waals surface area contributed by atoms with Crippen molar-refractivity contribution in [2.45, 2.75) is 38.5 Å². The third kappa shape index (κ3) is 3.01. The Kier molecular flexibility index (Phi) is 3.79. The topological polar surface area (TPSA) is 80.7 Å². The Hall–Kier alpha value is -0.620. The summed E-state index contributed by atoms with van der Waals surface area (Å²) in [4.78, 5) is 12.2. The quantitative estimate of drug-likeness (QED) is 0.633. The lowest BCUT2D eigenvalue weighted by atomic mass is 9.54. The van der Waals surface area contributed by atoms with Gasteiger partial charge in [-0.2, -0.15) is 8.42 Å². The largest absolute Gasteiger partial charge is 0.464 e. The van der Waals surface area contributed by atoms with E-state index in [1.165, 1.54) is 25.7 Å². The fourth-order valence-electron chi connectivity index (χ4n) is 4.75. The Morgan fingerprint density at radius 1 is 1.10 bits per heavy atom. The molecule has 0 aromatic rings. The van der Waals surface area contributed by atoms with E-state index in [4.69, 9.17) is 9.29 Å². The highest BCUT2D eigenvalue weighted by Gasteiger charge is 2.48. The summed E-state index contributed by atoms with van der Waals surface area (Å²) >= 11 is 0. The van der Waals surface area contributed by atoms with Crippen LogP contribution in [-0.2, 0) is 19.6 Å². The molecule has 5 atom stereocenters. The smallest absolute Gasteiger partial charge is 0.309 e. The third-order valence-electron chi connectivity index (χ3n) is 5.45. The third-order valence-corrected chi connectivity index (χ3v) is 6.13. The normalized spacial score (nSPS) is 39.5. The summed E-state index contributed by atoms with van der Waals surface area (Å²) in [6.07, 6.45) is 7.01. The molecule has 0 aliphatic heterocycles. The summed E-state index contributed by atoms with van der Waals surface area (Å²) in [5, 5.41) is 0. The number of fused-ring (bicyclic) bond motifs is 2. The van der Waals surface area contributed by atoms with Gasteiger partial charge in [0.25, 0.3) is 10.1 Å². The van der Waals surface area contributed by atoms with Gasteiger partial charge in [0, 0.05) is 0 Å². The molecule has 3 aliphatic rings. The van der Waals surface area contributed by atoms with E-state index < -0.39 is 15.9 Å². The van der Waals surface area contributed by atoms with Crippen molar-refractivity contribution in [1.29, 1.82) is 0 Å². The van der Waals surface area contributed by atoms with Crippen molar-refractivity contribution >= 4 is 16.1 Å². The summed E-state index contributed by atoms with van der Waals surface area (Å²) < 4.78 is 35.0. The lowest BCUT2D eigenvalue weighted by Gasteiger charge is -2.51. The van der Waals surface area contributed by atoms with Gasteiger partial charge in [0.1, 0.15) is 12.4 Å². The highest BCUT2D eigenvalue weighted by molar-refractivity contribution is 7.85. The van der Waals surface area contributed by atoms with Crippen molar-refractivity contribution < 1.29 is 22.5 Å². The Labute approximate surface area is 119 Å². The van der Waals surface area contributed by atoms with Crippen LogP contribution in [0.15, 0.2) is 0 Å². The first kappa shape index (κ1) is 14.3. The number of carbonyl (C=O) groups excluding carboxylic acids is 1. The predicted molar refractivity (Wildman–Crippen MR) is 72.5 cm³/mol. The van der Waals surface area contributed by atoms with E-state index >= 15 is 0 Å². The van der Waals surface area contributed by atoms with Crippen LogP contribution in [0.25, 0.3) is 0 Å². The van der Waals surface area contributed by atoms with Crippen LogP contribution in [0.5, 0.6) is 0 Å². The van der Waals surface area contributed by atoms with Crippen molar-refractivity contribution in [3.8, 4) is 0 Å². The molecule has 0 heterocycles. The van der Waals surface area contributed by atoms with E-state index in [2.05, 4.69) is 0 Å². The van der Waals surface area contributed by atoms with Gasteiger partial charge in [-0.25, -0.2) is 0 Å². The molecule has 1 N–H and O–H groups in total. The Bertz CT molecular complexity index is 480. The fourth-order valence-corrected chi connectivity index (χ4v) is 5.04. The molecule has 5 unspecified atom stereocenters. The van der Waals surface area contributed by atoms with E-state index in [-0.39, 0.29) is 18.5 Å². The van der Waals surface area contributed by atoms with Crippen LogP contribution in [0.4, 0.5) is 0 Å². The average molecular weight is 302 g/mol. The molecule has 0 aromatic heterocycles. The number of hydrogen-bond acceptors (Lipinski definition) is 4. The van der Waals surface area contributed by atoms with E-state index in [9.17, 15) is 13.2 Å². The molecular formula is C14H22O5S. The lowest BCUT2D eigenvalue weighted by molar-refractivity contribution is -0.157. The number of carbonyl (C=O) groups is 1. The van der Waals surface area contributed by atoms with Crippen molar-refractivity contribution in [3.05, 3.63) is 0 Å². The minimum atomic E-state index is -4.05. The predicted octanol–water partition coefficient (Wildman–Crippen LogP) is 1.88. The zero-order valence-electron chi connectivity index (χ0n) is 11.5. The molecule has 3 fully saturated rings. The number of ether oxygens (including phenoxy) is 1. The van der Waals surface area contributed by atoms with Crippen LogP contribution in [0.3, 0.4) is 0 Å². The maximum atomic E-state index is 12.2. The van der Waals surface area contributed by atoms with Crippen LogP contribution < -0.4 is 0 Å². The summed E-state index contributed by atoms with van der Waals surface area (Å²) in [5.41, 5.74) is 0. The summed E-state index contributed by atoms with van der Waals surface area (Å²) in [7, 11) is -4.05. The molecule has 0 saturated heterocycles. The number of esters is 1. The highest BCUT2D eigenvalue weighted by Crippen LogP contribution is 2.54. The van der Waals surface area contributed by atoms with Crippen LogP contribution in [0.2, 0.25) is 0 Å². The van der Waals surface area contributed by atoms with Crippen molar-refractivity contribution in [1.82, 2.24) is 0 Å². The van der Waals surface area contributed by atoms with E-state index in [0.717, 1.165) is 18.8 Å². The van der Waals surface area contributed by atoms with Gasteiger partial charge in [-0.1, -0.05) is 6.42 Å². The van der Waals surface area contributed by atoms with Gasteiger partial charge in [-0.05, 0) is 55.8 Å². The van der Waals surface area contributed by atoms with Gasteiger partial charge >= 0.3 is 5.97 Å². The maximum Gasteiger partial charge on any atom is 0.309 e. The first-order chi connectivity index (χ1) is 9.42. The van der Waals surface area contributed by atoms with Gasteiger partial charge in [0.2, 0.25) is 0 Å². The Morgan fingerprint density at radius 2 is 1.85 bits per heavy atom. The Balaban J connectivity index is 1.60. The van der Waals surface area contributed by atoms with Crippen LogP contribution >= 0.6 is 0 Å². The second kappa shape index (κ2) is 5.30. The van der Waals surface area contributed by atoms with Crippen molar-refractivity contribution in [3.63, 3.8) is 0 Å². The first-order valence-corrected chi connectivity index (χ1v) is 9.15.